The molecule has 28 heavy (non-hydrogen) atoms. The predicted molar refractivity (Wildman–Crippen MR) is 121 cm³/mol. The van der Waals surface area contributed by atoms with E-state index in [9.17, 15) is 0 Å². The summed E-state index contributed by atoms with van der Waals surface area (Å²) in [5.74, 6) is 1.52. The smallest absolute Gasteiger partial charge is 0.234 e. The third-order valence-corrected chi connectivity index (χ3v) is 5.79. The molecule has 0 spiro atoms. The van der Waals surface area contributed by atoms with Crippen LogP contribution in [0, 0.1) is 0 Å². The molecule has 0 radical (unpaired) electrons. The quantitative estimate of drug-likeness (QED) is 0.216. The second kappa shape index (κ2) is 14.4. The van der Waals surface area contributed by atoms with Gasteiger partial charge >= 0.3 is 0 Å². The highest BCUT2D eigenvalue weighted by Gasteiger charge is 2.16. The van der Waals surface area contributed by atoms with Crippen LogP contribution < -0.4 is 4.57 Å². The molecule has 0 saturated carbocycles. The van der Waals surface area contributed by atoms with Crippen molar-refractivity contribution in [1.29, 1.82) is 0 Å². The summed E-state index contributed by atoms with van der Waals surface area (Å²) in [4.78, 5) is 0. The van der Waals surface area contributed by atoms with Gasteiger partial charge in [-0.1, -0.05) is 102 Å². The third kappa shape index (κ3) is 8.63. The zero-order valence-electron chi connectivity index (χ0n) is 18.5. The summed E-state index contributed by atoms with van der Waals surface area (Å²) in [6, 6.07) is 10.9. The minimum Gasteiger partial charge on any atom is -0.234 e. The van der Waals surface area contributed by atoms with Gasteiger partial charge in [-0.2, -0.15) is 0 Å². The van der Waals surface area contributed by atoms with Crippen molar-refractivity contribution in [3.63, 3.8) is 0 Å². The van der Waals surface area contributed by atoms with Crippen molar-refractivity contribution in [1.82, 2.24) is 4.57 Å². The summed E-state index contributed by atoms with van der Waals surface area (Å²) in [6.07, 6.45) is 22.3. The summed E-state index contributed by atoms with van der Waals surface area (Å²) in [7, 11) is 0. The highest BCUT2D eigenvalue weighted by molar-refractivity contribution is 5.15. The van der Waals surface area contributed by atoms with E-state index >= 15 is 0 Å². The summed E-state index contributed by atoms with van der Waals surface area (Å²) in [5.41, 5.74) is 1.40. The average Bonchev–Trinajstić information content (AvgIpc) is 3.09. The van der Waals surface area contributed by atoms with Crippen LogP contribution in [0.1, 0.15) is 102 Å². The van der Waals surface area contributed by atoms with E-state index in [0.717, 1.165) is 6.54 Å². The van der Waals surface area contributed by atoms with Gasteiger partial charge in [0.05, 0.1) is 6.54 Å². The Balaban J connectivity index is 1.86. The molecule has 0 amide bonds. The number of aromatic nitrogens is 2. The van der Waals surface area contributed by atoms with Crippen LogP contribution in [0.5, 0.6) is 0 Å². The Morgan fingerprint density at radius 2 is 1.32 bits per heavy atom. The minimum atomic E-state index is 0.995. The Bertz CT molecular complexity index is 615. The number of hydrogen-bond acceptors (Lipinski definition) is 0. The lowest BCUT2D eigenvalue weighted by atomic mass is 10.1. The number of rotatable bonds is 16. The number of aryl methyl sites for hydroxylation is 1. The molecule has 2 rings (SSSR count). The van der Waals surface area contributed by atoms with E-state index in [1.807, 2.05) is 0 Å². The van der Waals surface area contributed by atoms with E-state index in [0.29, 0.717) is 0 Å². The molecular formula is C26H43N2+. The van der Waals surface area contributed by atoms with Crippen molar-refractivity contribution in [3.8, 4) is 0 Å². The number of imidazole rings is 1. The molecule has 2 heteroatoms. The summed E-state index contributed by atoms with van der Waals surface area (Å²) in [6.45, 7) is 6.75. The summed E-state index contributed by atoms with van der Waals surface area (Å²) in [5, 5.41) is 0. The monoisotopic (exact) mass is 383 g/mol. The zero-order valence-corrected chi connectivity index (χ0v) is 18.5. The Labute approximate surface area is 174 Å². The number of benzene rings is 1. The van der Waals surface area contributed by atoms with Crippen LogP contribution in [0.3, 0.4) is 0 Å². The molecule has 0 aliphatic heterocycles. The third-order valence-electron chi connectivity index (χ3n) is 5.79. The van der Waals surface area contributed by atoms with E-state index in [1.54, 1.807) is 0 Å². The van der Waals surface area contributed by atoms with Crippen LogP contribution in [0.15, 0.2) is 42.7 Å². The van der Waals surface area contributed by atoms with Crippen LogP contribution in [-0.2, 0) is 19.5 Å². The Morgan fingerprint density at radius 3 is 2.00 bits per heavy atom. The van der Waals surface area contributed by atoms with E-state index in [2.05, 4.69) is 65.7 Å². The van der Waals surface area contributed by atoms with Gasteiger partial charge in [0.15, 0.2) is 0 Å². The van der Waals surface area contributed by atoms with Crippen molar-refractivity contribution in [2.75, 3.05) is 0 Å². The first-order valence-electron chi connectivity index (χ1n) is 12.0. The van der Waals surface area contributed by atoms with E-state index in [1.165, 1.54) is 101 Å². The molecule has 1 heterocycles. The standard InChI is InChI=1S/C26H43N2/c1-3-5-7-9-10-11-12-16-20-26-27(21-17-8-6-4-2)22-23-28(26)24-25-18-14-13-15-19-25/h13-15,18-19,22-23H,3-12,16-17,20-21,24H2,1-2H3/q+1. The van der Waals surface area contributed by atoms with Gasteiger partial charge in [-0.25, -0.2) is 9.13 Å². The number of nitrogens with zero attached hydrogens (tertiary/aromatic N) is 2. The van der Waals surface area contributed by atoms with E-state index in [4.69, 9.17) is 0 Å². The molecule has 2 aromatic rings. The van der Waals surface area contributed by atoms with Gasteiger partial charge in [-0.15, -0.1) is 0 Å². The maximum atomic E-state index is 2.53. The normalized spacial score (nSPS) is 11.2. The first kappa shape index (κ1) is 22.7. The summed E-state index contributed by atoms with van der Waals surface area (Å²) < 4.78 is 5.01. The van der Waals surface area contributed by atoms with Gasteiger partial charge in [-0.3, -0.25) is 0 Å². The topological polar surface area (TPSA) is 8.81 Å². The maximum absolute atomic E-state index is 2.53. The maximum Gasteiger partial charge on any atom is 0.256 e. The molecular weight excluding hydrogens is 340 g/mol. The molecule has 0 atom stereocenters. The Kier molecular flexibility index (Phi) is 11.7. The zero-order chi connectivity index (χ0) is 19.9. The average molecular weight is 384 g/mol. The summed E-state index contributed by atoms with van der Waals surface area (Å²) >= 11 is 0. The van der Waals surface area contributed by atoms with Crippen molar-refractivity contribution in [2.24, 2.45) is 0 Å². The molecule has 0 N–H and O–H groups in total. The highest BCUT2D eigenvalue weighted by Crippen LogP contribution is 2.12. The fourth-order valence-corrected chi connectivity index (χ4v) is 4.04. The van der Waals surface area contributed by atoms with Gasteiger partial charge in [0.1, 0.15) is 18.9 Å². The van der Waals surface area contributed by atoms with Crippen LogP contribution >= 0.6 is 0 Å². The first-order valence-corrected chi connectivity index (χ1v) is 12.0. The molecule has 0 aliphatic rings. The molecule has 0 aliphatic carbocycles. The van der Waals surface area contributed by atoms with Gasteiger partial charge in [-0.05, 0) is 24.8 Å². The van der Waals surface area contributed by atoms with E-state index in [-0.39, 0.29) is 0 Å². The second-order valence-electron chi connectivity index (χ2n) is 8.31. The minimum absolute atomic E-state index is 0.995. The first-order chi connectivity index (χ1) is 13.8. The SMILES string of the molecule is CCCCCCCCCCc1n(Cc2ccccc2)cc[n+]1CCCCCC. The van der Waals surface area contributed by atoms with Gasteiger partial charge < -0.3 is 0 Å². The lowest BCUT2D eigenvalue weighted by Gasteiger charge is -2.07. The molecule has 0 unspecified atom stereocenters. The lowest BCUT2D eigenvalue weighted by molar-refractivity contribution is -0.704. The van der Waals surface area contributed by atoms with Gasteiger partial charge in [0.2, 0.25) is 0 Å². The molecule has 1 aromatic heterocycles. The van der Waals surface area contributed by atoms with Crippen LogP contribution in [0.4, 0.5) is 0 Å². The number of unbranched alkanes of at least 4 members (excludes halogenated alkanes) is 10. The fourth-order valence-electron chi connectivity index (χ4n) is 4.04. The van der Waals surface area contributed by atoms with Crippen LogP contribution in [-0.4, -0.2) is 4.57 Å². The van der Waals surface area contributed by atoms with Crippen molar-refractivity contribution < 1.29 is 4.57 Å². The van der Waals surface area contributed by atoms with Gasteiger partial charge in [0.25, 0.3) is 5.82 Å². The second-order valence-corrected chi connectivity index (χ2v) is 8.31. The lowest BCUT2D eigenvalue weighted by Crippen LogP contribution is -2.37. The fraction of sp³-hybridized carbons (Fsp3) is 0.654. The largest absolute Gasteiger partial charge is 0.256 e. The molecule has 156 valence electrons. The molecule has 0 saturated heterocycles. The van der Waals surface area contributed by atoms with Gasteiger partial charge in [0, 0.05) is 6.42 Å². The molecule has 1 aromatic carbocycles. The Morgan fingerprint density at radius 1 is 0.714 bits per heavy atom. The molecule has 0 fully saturated rings. The molecule has 0 bridgehead atoms. The van der Waals surface area contributed by atoms with Crippen LogP contribution in [0.25, 0.3) is 0 Å². The Hall–Kier alpha value is -1.57. The predicted octanol–water partition coefficient (Wildman–Crippen LogP) is 7.09. The van der Waals surface area contributed by atoms with Crippen molar-refractivity contribution >= 4 is 0 Å². The van der Waals surface area contributed by atoms with E-state index < -0.39 is 0 Å². The van der Waals surface area contributed by atoms with Crippen molar-refractivity contribution in [2.45, 2.75) is 110 Å². The number of hydrogen-bond donors (Lipinski definition) is 0. The van der Waals surface area contributed by atoms with Crippen molar-refractivity contribution in [3.05, 3.63) is 54.1 Å². The highest BCUT2D eigenvalue weighted by atomic mass is 15.1. The van der Waals surface area contributed by atoms with Crippen LogP contribution in [0.2, 0.25) is 0 Å². The molecule has 2 nitrogen and oxygen atoms in total.